The highest BCUT2D eigenvalue weighted by Crippen LogP contribution is 2.36. The molecule has 19 heavy (non-hydrogen) atoms. The summed E-state index contributed by atoms with van der Waals surface area (Å²) in [5.74, 6) is 0. The lowest BCUT2D eigenvalue weighted by atomic mass is 10.3. The summed E-state index contributed by atoms with van der Waals surface area (Å²) in [7, 11) is 0. The van der Waals surface area contributed by atoms with Crippen LogP contribution in [0.3, 0.4) is 0 Å². The van der Waals surface area contributed by atoms with E-state index in [0.717, 1.165) is 18.7 Å². The average molecular weight is 287 g/mol. The number of alkyl halides is 3. The van der Waals surface area contributed by atoms with Gasteiger partial charge in [-0.05, 0) is 18.6 Å². The van der Waals surface area contributed by atoms with E-state index in [1.54, 1.807) is 18.3 Å². The van der Waals surface area contributed by atoms with E-state index in [2.05, 4.69) is 15.3 Å². The molecule has 2 rings (SSSR count). The lowest BCUT2D eigenvalue weighted by Crippen LogP contribution is -2.02. The van der Waals surface area contributed by atoms with Gasteiger partial charge in [0.15, 0.2) is 5.01 Å². The highest BCUT2D eigenvalue weighted by molar-refractivity contribution is 7.15. The van der Waals surface area contributed by atoms with Crippen LogP contribution in [0.2, 0.25) is 0 Å². The first-order valence-electron chi connectivity index (χ1n) is 5.74. The molecule has 0 amide bonds. The van der Waals surface area contributed by atoms with Crippen LogP contribution in [-0.4, -0.2) is 16.5 Å². The van der Waals surface area contributed by atoms with Crippen molar-refractivity contribution in [2.75, 3.05) is 11.9 Å². The number of nitrogens with one attached hydrogen (secondary N) is 1. The molecule has 102 valence electrons. The lowest BCUT2D eigenvalue weighted by Gasteiger charge is -2.05. The molecule has 0 aliphatic heterocycles. The predicted octanol–water partition coefficient (Wildman–Crippen LogP) is 4.05. The number of thiazole rings is 1. The van der Waals surface area contributed by atoms with Crippen LogP contribution < -0.4 is 5.32 Å². The van der Waals surface area contributed by atoms with Gasteiger partial charge in [0, 0.05) is 24.6 Å². The Morgan fingerprint density at radius 3 is 2.74 bits per heavy atom. The molecule has 0 saturated carbocycles. The molecule has 0 atom stereocenters. The third-order valence-electron chi connectivity index (χ3n) is 2.34. The standard InChI is InChI=1S/C12H12F3N3S/c1-2-4-16-8-3-5-17-9(6-8)10-7-18-11(19-10)12(13,14)15/h3,5-7H,2,4H2,1H3,(H,16,17). The molecule has 3 nitrogen and oxygen atoms in total. The molecular formula is C12H12F3N3S. The number of anilines is 1. The van der Waals surface area contributed by atoms with Gasteiger partial charge in [0.2, 0.25) is 0 Å². The number of hydrogen-bond acceptors (Lipinski definition) is 4. The summed E-state index contributed by atoms with van der Waals surface area (Å²) in [6, 6.07) is 3.51. The van der Waals surface area contributed by atoms with Crippen LogP contribution in [0.4, 0.5) is 18.9 Å². The minimum absolute atomic E-state index is 0.410. The van der Waals surface area contributed by atoms with Gasteiger partial charge >= 0.3 is 6.18 Å². The van der Waals surface area contributed by atoms with Crippen molar-refractivity contribution in [2.45, 2.75) is 19.5 Å². The molecule has 0 saturated heterocycles. The van der Waals surface area contributed by atoms with Gasteiger partial charge in [-0.2, -0.15) is 13.2 Å². The first-order chi connectivity index (χ1) is 9.00. The zero-order chi connectivity index (χ0) is 13.9. The summed E-state index contributed by atoms with van der Waals surface area (Å²) >= 11 is 0.599. The quantitative estimate of drug-likeness (QED) is 0.922. The Balaban J connectivity index is 2.24. The maximum absolute atomic E-state index is 12.5. The van der Waals surface area contributed by atoms with Gasteiger partial charge in [0.05, 0.1) is 10.6 Å². The van der Waals surface area contributed by atoms with Gasteiger partial charge in [0.25, 0.3) is 0 Å². The number of rotatable bonds is 4. The van der Waals surface area contributed by atoms with Gasteiger partial charge in [-0.15, -0.1) is 11.3 Å². The summed E-state index contributed by atoms with van der Waals surface area (Å²) in [5, 5.41) is 2.31. The van der Waals surface area contributed by atoms with E-state index in [1.165, 1.54) is 6.20 Å². The fourth-order valence-corrected chi connectivity index (χ4v) is 2.22. The van der Waals surface area contributed by atoms with Crippen molar-refractivity contribution in [1.82, 2.24) is 9.97 Å². The van der Waals surface area contributed by atoms with Crippen LogP contribution in [0, 0.1) is 0 Å². The maximum atomic E-state index is 12.5. The average Bonchev–Trinajstić information content (AvgIpc) is 2.86. The zero-order valence-electron chi connectivity index (χ0n) is 10.2. The Morgan fingerprint density at radius 1 is 1.32 bits per heavy atom. The molecule has 2 aromatic heterocycles. The van der Waals surface area contributed by atoms with Crippen molar-refractivity contribution in [2.24, 2.45) is 0 Å². The van der Waals surface area contributed by atoms with Crippen molar-refractivity contribution < 1.29 is 13.2 Å². The second-order valence-electron chi connectivity index (χ2n) is 3.88. The van der Waals surface area contributed by atoms with Crippen LogP contribution in [0.15, 0.2) is 24.5 Å². The van der Waals surface area contributed by atoms with E-state index in [4.69, 9.17) is 0 Å². The fourth-order valence-electron chi connectivity index (χ4n) is 1.47. The zero-order valence-corrected chi connectivity index (χ0v) is 11.0. The number of aromatic nitrogens is 2. The molecule has 0 aromatic carbocycles. The van der Waals surface area contributed by atoms with Gasteiger partial charge in [-0.3, -0.25) is 4.98 Å². The molecule has 0 aliphatic rings. The van der Waals surface area contributed by atoms with Crippen LogP contribution in [-0.2, 0) is 6.18 Å². The summed E-state index contributed by atoms with van der Waals surface area (Å²) in [5.41, 5.74) is 1.34. The molecule has 7 heteroatoms. The molecule has 0 spiro atoms. The molecule has 2 aromatic rings. The summed E-state index contributed by atoms with van der Waals surface area (Å²) in [6.07, 6.45) is -0.656. The topological polar surface area (TPSA) is 37.8 Å². The van der Waals surface area contributed by atoms with Crippen LogP contribution in [0.25, 0.3) is 10.6 Å². The highest BCUT2D eigenvalue weighted by Gasteiger charge is 2.34. The monoisotopic (exact) mass is 287 g/mol. The number of hydrogen-bond donors (Lipinski definition) is 1. The smallest absolute Gasteiger partial charge is 0.385 e. The number of halogens is 3. The van der Waals surface area contributed by atoms with Crippen LogP contribution in [0.5, 0.6) is 0 Å². The highest BCUT2D eigenvalue weighted by atomic mass is 32.1. The molecule has 0 fully saturated rings. The maximum Gasteiger partial charge on any atom is 0.443 e. The first kappa shape index (κ1) is 13.8. The molecular weight excluding hydrogens is 275 g/mol. The van der Waals surface area contributed by atoms with Crippen molar-refractivity contribution >= 4 is 17.0 Å². The summed E-state index contributed by atoms with van der Waals surface area (Å²) in [6.45, 7) is 2.84. The largest absolute Gasteiger partial charge is 0.443 e. The number of nitrogens with zero attached hydrogens (tertiary/aromatic N) is 2. The van der Waals surface area contributed by atoms with E-state index >= 15 is 0 Å². The van der Waals surface area contributed by atoms with E-state index in [-0.39, 0.29) is 0 Å². The van der Waals surface area contributed by atoms with Gasteiger partial charge in [0.1, 0.15) is 0 Å². The van der Waals surface area contributed by atoms with Crippen LogP contribution in [0.1, 0.15) is 18.4 Å². The van der Waals surface area contributed by atoms with Gasteiger partial charge in [-0.25, -0.2) is 4.98 Å². The van der Waals surface area contributed by atoms with Gasteiger partial charge in [-0.1, -0.05) is 6.92 Å². The van der Waals surface area contributed by atoms with E-state index in [0.29, 0.717) is 21.9 Å². The predicted molar refractivity (Wildman–Crippen MR) is 69.1 cm³/mol. The Hall–Kier alpha value is -1.63. The second kappa shape index (κ2) is 5.56. The van der Waals surface area contributed by atoms with Crippen LogP contribution >= 0.6 is 11.3 Å². The summed E-state index contributed by atoms with van der Waals surface area (Å²) in [4.78, 5) is 7.87. The summed E-state index contributed by atoms with van der Waals surface area (Å²) < 4.78 is 37.4. The Bertz CT molecular complexity index is 551. The second-order valence-corrected chi connectivity index (χ2v) is 4.91. The minimum atomic E-state index is -4.40. The van der Waals surface area contributed by atoms with Crippen molar-refractivity contribution in [3.05, 3.63) is 29.5 Å². The Kier molecular flexibility index (Phi) is 4.04. The van der Waals surface area contributed by atoms with Crippen molar-refractivity contribution in [1.29, 1.82) is 0 Å². The van der Waals surface area contributed by atoms with E-state index in [9.17, 15) is 13.2 Å². The third-order valence-corrected chi connectivity index (χ3v) is 3.40. The normalized spacial score (nSPS) is 11.6. The lowest BCUT2D eigenvalue weighted by molar-refractivity contribution is -0.137. The molecule has 1 N–H and O–H groups in total. The molecule has 0 radical (unpaired) electrons. The molecule has 0 bridgehead atoms. The molecule has 2 heterocycles. The Labute approximate surface area is 112 Å². The molecule has 0 aliphatic carbocycles. The van der Waals surface area contributed by atoms with E-state index < -0.39 is 11.2 Å². The van der Waals surface area contributed by atoms with Crippen molar-refractivity contribution in [3.63, 3.8) is 0 Å². The number of pyridine rings is 1. The fraction of sp³-hybridized carbons (Fsp3) is 0.333. The Morgan fingerprint density at radius 2 is 2.11 bits per heavy atom. The SMILES string of the molecule is CCCNc1ccnc(-c2cnc(C(F)(F)F)s2)c1. The van der Waals surface area contributed by atoms with E-state index in [1.807, 2.05) is 6.92 Å². The van der Waals surface area contributed by atoms with Gasteiger partial charge < -0.3 is 5.32 Å². The van der Waals surface area contributed by atoms with Crippen molar-refractivity contribution in [3.8, 4) is 10.6 Å². The first-order valence-corrected chi connectivity index (χ1v) is 6.55. The molecule has 0 unspecified atom stereocenters. The minimum Gasteiger partial charge on any atom is -0.385 e. The third kappa shape index (κ3) is 3.44.